The first-order chi connectivity index (χ1) is 39.4. The Morgan fingerprint density at radius 2 is 0.850 bits per heavy atom. The Morgan fingerprint density at radius 3 is 1.40 bits per heavy atom. The molecule has 0 saturated heterocycles. The Hall–Kier alpha value is -12.2. The van der Waals surface area contributed by atoms with Crippen LogP contribution >= 0.6 is 0 Å². The van der Waals surface area contributed by atoms with Gasteiger partial charge in [-0.3, -0.25) is 0 Å². The van der Waals surface area contributed by atoms with E-state index >= 15 is 0 Å². The van der Waals surface area contributed by atoms with E-state index in [4.69, 9.17) is 36.3 Å². The molecule has 3 aromatic heterocycles. The van der Waals surface area contributed by atoms with Crippen LogP contribution in [0, 0.1) is 49.0 Å². The molecule has 0 fully saturated rings. The first kappa shape index (κ1) is 47.5. The number of para-hydroxylation sites is 3. The molecule has 0 amide bonds. The number of aromatic nitrogens is 4. The highest BCUT2D eigenvalue weighted by Gasteiger charge is 2.24. The lowest BCUT2D eigenvalue weighted by Gasteiger charge is -2.20. The molecular weight excluding hydrogens is 981 g/mol. The summed E-state index contributed by atoms with van der Waals surface area (Å²) in [7, 11) is 0. The van der Waals surface area contributed by atoms with Crippen molar-refractivity contribution in [2.45, 2.75) is 0 Å². The quantitative estimate of drug-likeness (QED) is 0.142. The number of nitrogens with zero attached hydrogens (tertiary/aromatic N) is 10. The fraction of sp³-hybridized carbons (Fsp3) is 0. The molecule has 0 aliphatic rings. The number of rotatable bonds is 8. The molecule has 3 heterocycles. The molecule has 80 heavy (non-hydrogen) atoms. The maximum Gasteiger partial charge on any atom is 0.186 e. The van der Waals surface area contributed by atoms with Gasteiger partial charge in [-0.25, -0.2) is 29.3 Å². The third-order valence-electron chi connectivity index (χ3n) is 14.7. The van der Waals surface area contributed by atoms with Gasteiger partial charge in [0.15, 0.2) is 28.6 Å². The van der Waals surface area contributed by atoms with Crippen molar-refractivity contribution in [3.63, 3.8) is 0 Å². The van der Waals surface area contributed by atoms with E-state index in [-0.39, 0.29) is 33.9 Å². The largest absolute Gasteiger partial charge is 0.309 e. The molecule has 13 aromatic rings. The van der Waals surface area contributed by atoms with Gasteiger partial charge < -0.3 is 9.13 Å². The summed E-state index contributed by atoms with van der Waals surface area (Å²) in [6.07, 6.45) is 0. The fourth-order valence-electron chi connectivity index (χ4n) is 11.2. The number of hydrogen-bond donors (Lipinski definition) is 0. The zero-order valence-electron chi connectivity index (χ0n) is 42.3. The standard InChI is InChI=1S/C70H36N10/c1-73-50-35-49(42-72)68(61(39-50)76-4)46-27-30-66-54(36-46)51-21-12-16-26-64(51)80(66)67-32-29-48(70-77-57(44-17-7-5-8-18-44)40-58(78-70)45-19-9-6-10-20-45)38-56(67)53-23-13-15-25-63(53)79-62-24-14-11-22-52(62)55-37-47(28-31-65(55)79)69-59(74-2)33-43(41-71)34-60(69)75-3/h5-40H. The minimum atomic E-state index is 0.234. The Morgan fingerprint density at radius 1 is 0.362 bits per heavy atom. The second-order valence-electron chi connectivity index (χ2n) is 19.1. The Labute approximate surface area is 459 Å². The predicted octanol–water partition coefficient (Wildman–Crippen LogP) is 18.6. The number of hydrogen-bond acceptors (Lipinski definition) is 4. The summed E-state index contributed by atoms with van der Waals surface area (Å²) < 4.78 is 4.54. The maximum absolute atomic E-state index is 10.4. The van der Waals surface area contributed by atoms with Gasteiger partial charge in [0.2, 0.25) is 0 Å². The van der Waals surface area contributed by atoms with Crippen LogP contribution < -0.4 is 0 Å². The van der Waals surface area contributed by atoms with E-state index in [2.05, 4.69) is 120 Å². The molecule has 366 valence electrons. The number of nitriles is 2. The highest BCUT2D eigenvalue weighted by atomic mass is 15.0. The van der Waals surface area contributed by atoms with Crippen LogP contribution in [0.3, 0.4) is 0 Å². The van der Waals surface area contributed by atoms with E-state index in [1.54, 1.807) is 24.3 Å². The summed E-state index contributed by atoms with van der Waals surface area (Å²) >= 11 is 0. The second kappa shape index (κ2) is 19.5. The van der Waals surface area contributed by atoms with Crippen molar-refractivity contribution < 1.29 is 0 Å². The van der Waals surface area contributed by atoms with Gasteiger partial charge in [-0.15, -0.1) is 0 Å². The SMILES string of the molecule is [C-]#[N+]c1cc(C#N)c(-c2ccc3c(c2)c2ccccc2n3-c2ccc(-c3nc(-c4ccccc4)cc(-c4ccccc4)n3)cc2-c2ccccc2-n2c3ccccc3c3cc(-c4c([N+]#[C-])cc(C#N)cc4[N+]#[C-])ccc32)c([N+]#[C-])c1. The molecule has 0 aliphatic heterocycles. The van der Waals surface area contributed by atoms with Gasteiger partial charge in [0, 0.05) is 66.1 Å². The zero-order valence-corrected chi connectivity index (χ0v) is 42.3. The van der Waals surface area contributed by atoms with Crippen molar-refractivity contribution in [2.24, 2.45) is 0 Å². The van der Waals surface area contributed by atoms with Gasteiger partial charge in [0.05, 0.1) is 83.3 Å². The van der Waals surface area contributed by atoms with Crippen LogP contribution in [0.1, 0.15) is 11.1 Å². The lowest BCUT2D eigenvalue weighted by molar-refractivity contribution is 1.15. The van der Waals surface area contributed by atoms with Crippen molar-refractivity contribution in [2.75, 3.05) is 0 Å². The molecule has 0 aliphatic carbocycles. The third kappa shape index (κ3) is 7.84. The first-order valence-electron chi connectivity index (χ1n) is 25.4. The molecule has 0 spiro atoms. The van der Waals surface area contributed by atoms with E-state index in [1.807, 2.05) is 115 Å². The molecule has 10 heteroatoms. The van der Waals surface area contributed by atoms with E-state index < -0.39 is 0 Å². The lowest BCUT2D eigenvalue weighted by atomic mass is 9.96. The van der Waals surface area contributed by atoms with Crippen LogP contribution in [0.15, 0.2) is 218 Å². The molecule has 0 saturated carbocycles. The minimum absolute atomic E-state index is 0.234. The van der Waals surface area contributed by atoms with Crippen molar-refractivity contribution in [3.8, 4) is 90.8 Å². The van der Waals surface area contributed by atoms with Gasteiger partial charge in [0.1, 0.15) is 0 Å². The van der Waals surface area contributed by atoms with Crippen molar-refractivity contribution in [1.82, 2.24) is 19.1 Å². The normalized spacial score (nSPS) is 10.9. The summed E-state index contributed by atoms with van der Waals surface area (Å²) in [4.78, 5) is 25.5. The van der Waals surface area contributed by atoms with Crippen LogP contribution in [-0.2, 0) is 0 Å². The van der Waals surface area contributed by atoms with Crippen molar-refractivity contribution in [3.05, 3.63) is 275 Å². The second-order valence-corrected chi connectivity index (χ2v) is 19.1. The molecule has 10 aromatic carbocycles. The van der Waals surface area contributed by atoms with Gasteiger partial charge in [-0.1, -0.05) is 133 Å². The molecule has 0 unspecified atom stereocenters. The molecule has 13 rings (SSSR count). The van der Waals surface area contributed by atoms with Crippen molar-refractivity contribution >= 4 is 66.4 Å². The van der Waals surface area contributed by atoms with Gasteiger partial charge >= 0.3 is 0 Å². The van der Waals surface area contributed by atoms with Crippen LogP contribution in [0.25, 0.3) is 142 Å². The maximum atomic E-state index is 10.4. The smallest absolute Gasteiger partial charge is 0.186 e. The minimum Gasteiger partial charge on any atom is -0.309 e. The summed E-state index contributed by atoms with van der Waals surface area (Å²) in [6, 6.07) is 76.0. The highest BCUT2D eigenvalue weighted by Crippen LogP contribution is 2.47. The van der Waals surface area contributed by atoms with Crippen LogP contribution in [0.5, 0.6) is 0 Å². The summed E-state index contributed by atoms with van der Waals surface area (Å²) in [6.45, 7) is 31.9. The third-order valence-corrected chi connectivity index (χ3v) is 14.7. The van der Waals surface area contributed by atoms with E-state index in [1.165, 1.54) is 0 Å². The Kier molecular flexibility index (Phi) is 11.6. The van der Waals surface area contributed by atoms with Crippen LogP contribution in [-0.4, -0.2) is 19.1 Å². The Balaban J connectivity index is 1.09. The topological polar surface area (TPSA) is 101 Å². The number of fused-ring (bicyclic) bond motifs is 6. The summed E-state index contributed by atoms with van der Waals surface area (Å²) in [5, 5.41) is 23.9. The monoisotopic (exact) mass is 1020 g/mol. The number of benzene rings is 10. The molecule has 0 atom stereocenters. The zero-order chi connectivity index (χ0) is 54.4. The molecule has 0 bridgehead atoms. The first-order valence-corrected chi connectivity index (χ1v) is 25.4. The van der Waals surface area contributed by atoms with Crippen LogP contribution in [0.4, 0.5) is 22.7 Å². The molecular formula is C70H36N10. The Bertz CT molecular complexity index is 4900. The van der Waals surface area contributed by atoms with Crippen LogP contribution in [0.2, 0.25) is 0 Å². The average Bonchev–Trinajstić information content (AvgIpc) is 4.06. The molecule has 0 N–H and O–H groups in total. The van der Waals surface area contributed by atoms with Gasteiger partial charge in [-0.2, -0.15) is 10.5 Å². The fourth-order valence-corrected chi connectivity index (χ4v) is 11.2. The average molecular weight is 1020 g/mol. The van der Waals surface area contributed by atoms with E-state index in [0.29, 0.717) is 28.1 Å². The van der Waals surface area contributed by atoms with Crippen molar-refractivity contribution in [1.29, 1.82) is 10.5 Å². The van der Waals surface area contributed by atoms with Gasteiger partial charge in [0.25, 0.3) is 0 Å². The predicted molar refractivity (Wildman–Crippen MR) is 318 cm³/mol. The van der Waals surface area contributed by atoms with E-state index in [9.17, 15) is 10.5 Å². The summed E-state index contributed by atoms with van der Waals surface area (Å²) in [5.41, 5.74) is 15.3. The lowest BCUT2D eigenvalue weighted by Crippen LogP contribution is -2.03. The van der Waals surface area contributed by atoms with Gasteiger partial charge in [-0.05, 0) is 102 Å². The molecule has 10 nitrogen and oxygen atoms in total. The van der Waals surface area contributed by atoms with E-state index in [0.717, 1.165) is 94.2 Å². The highest BCUT2D eigenvalue weighted by molar-refractivity contribution is 6.13. The molecule has 0 radical (unpaired) electrons. The summed E-state index contributed by atoms with van der Waals surface area (Å²) in [5.74, 6) is 0.542.